The molecule has 4 heteroatoms. The Morgan fingerprint density at radius 3 is 2.67 bits per heavy atom. The number of unbranched alkanes of at least 4 members (excludes halogenated alkanes) is 3. The molecule has 116 valence electrons. The van der Waals surface area contributed by atoms with Gasteiger partial charge in [0.15, 0.2) is 0 Å². The highest BCUT2D eigenvalue weighted by Crippen LogP contribution is 2.11. The molecule has 0 atom stereocenters. The highest BCUT2D eigenvalue weighted by Gasteiger charge is 2.00. The fraction of sp³-hybridized carbons (Fsp3) is 0.471. The average molecular weight is 311 g/mol. The molecule has 1 rings (SSSR count). The molecule has 0 aromatic heterocycles. The predicted octanol–water partition coefficient (Wildman–Crippen LogP) is 4.49. The number of hydrogen-bond donors (Lipinski definition) is 0. The topological polar surface area (TPSA) is 35.5 Å². The second-order valence-corrected chi connectivity index (χ2v) is 5.10. The Balaban J connectivity index is 1.97. The number of halogens is 1. The molecule has 0 saturated carbocycles. The summed E-state index contributed by atoms with van der Waals surface area (Å²) in [5, 5.41) is 0.759. The van der Waals surface area contributed by atoms with Crippen molar-refractivity contribution in [2.24, 2.45) is 0 Å². The molecule has 0 bridgehead atoms. The van der Waals surface area contributed by atoms with Crippen LogP contribution in [-0.2, 0) is 14.3 Å². The van der Waals surface area contributed by atoms with Crippen molar-refractivity contribution in [3.8, 4) is 0 Å². The number of allylic oxidation sites excluding steroid dienone is 1. The maximum Gasteiger partial charge on any atom is 0.332 e. The van der Waals surface area contributed by atoms with Gasteiger partial charge in [0.1, 0.15) is 6.61 Å². The van der Waals surface area contributed by atoms with E-state index in [4.69, 9.17) is 21.1 Å². The normalized spacial score (nSPS) is 11.0. The molecule has 0 amide bonds. The minimum absolute atomic E-state index is 0.0598. The van der Waals surface area contributed by atoms with Gasteiger partial charge in [0.05, 0.1) is 6.61 Å². The van der Waals surface area contributed by atoms with Crippen LogP contribution in [0.3, 0.4) is 0 Å². The average Bonchev–Trinajstić information content (AvgIpc) is 2.47. The summed E-state index contributed by atoms with van der Waals surface area (Å²) in [5.41, 5.74) is 1.16. The first kappa shape index (κ1) is 17.7. The van der Waals surface area contributed by atoms with Gasteiger partial charge in [-0.3, -0.25) is 0 Å². The Morgan fingerprint density at radius 2 is 1.95 bits per heavy atom. The van der Waals surface area contributed by atoms with Gasteiger partial charge >= 0.3 is 5.97 Å². The van der Waals surface area contributed by atoms with Crippen molar-refractivity contribution in [2.75, 3.05) is 19.8 Å². The first-order valence-electron chi connectivity index (χ1n) is 7.38. The first-order valence-corrected chi connectivity index (χ1v) is 7.75. The number of hydrogen-bond acceptors (Lipinski definition) is 3. The van der Waals surface area contributed by atoms with Crippen molar-refractivity contribution < 1.29 is 14.3 Å². The number of carbonyl (C=O) groups excluding carboxylic acids is 1. The summed E-state index contributed by atoms with van der Waals surface area (Å²) in [6.45, 7) is 2.86. The van der Waals surface area contributed by atoms with Gasteiger partial charge in [-0.1, -0.05) is 42.3 Å². The summed E-state index contributed by atoms with van der Waals surface area (Å²) in [4.78, 5) is 11.0. The second kappa shape index (κ2) is 11.4. The molecular weight excluding hydrogens is 288 g/mol. The Labute approximate surface area is 131 Å². The fourth-order valence-electron chi connectivity index (χ4n) is 1.79. The second-order valence-electron chi connectivity index (χ2n) is 4.66. The first-order chi connectivity index (χ1) is 10.2. The van der Waals surface area contributed by atoms with Crippen LogP contribution in [0.5, 0.6) is 0 Å². The van der Waals surface area contributed by atoms with E-state index in [1.165, 1.54) is 0 Å². The highest BCUT2D eigenvalue weighted by molar-refractivity contribution is 6.30. The van der Waals surface area contributed by atoms with Gasteiger partial charge in [0.25, 0.3) is 0 Å². The summed E-state index contributed by atoms with van der Waals surface area (Å²) in [5.74, 6) is -0.289. The lowest BCUT2D eigenvalue weighted by Gasteiger charge is -2.03. The van der Waals surface area contributed by atoms with Crippen molar-refractivity contribution in [3.05, 3.63) is 40.9 Å². The van der Waals surface area contributed by atoms with Crippen molar-refractivity contribution >= 4 is 23.6 Å². The van der Waals surface area contributed by atoms with E-state index in [0.29, 0.717) is 13.2 Å². The molecule has 0 unspecified atom stereocenters. The largest absolute Gasteiger partial charge is 0.464 e. The van der Waals surface area contributed by atoms with Crippen molar-refractivity contribution in [1.82, 2.24) is 0 Å². The number of rotatable bonds is 10. The van der Waals surface area contributed by atoms with Gasteiger partial charge in [-0.25, -0.2) is 4.79 Å². The van der Waals surface area contributed by atoms with Crippen molar-refractivity contribution in [2.45, 2.75) is 32.6 Å². The van der Waals surface area contributed by atoms with E-state index >= 15 is 0 Å². The predicted molar refractivity (Wildman–Crippen MR) is 86.4 cm³/mol. The number of ether oxygens (including phenoxy) is 2. The third-order valence-electron chi connectivity index (χ3n) is 2.87. The SMILES string of the molecule is CCOC(=O)COCCCCCC=Cc1ccc(Cl)cc1. The van der Waals surface area contributed by atoms with Crippen LogP contribution in [-0.4, -0.2) is 25.8 Å². The zero-order chi connectivity index (χ0) is 15.3. The number of benzene rings is 1. The molecule has 0 spiro atoms. The van der Waals surface area contributed by atoms with Gasteiger partial charge < -0.3 is 9.47 Å². The van der Waals surface area contributed by atoms with Crippen molar-refractivity contribution in [3.63, 3.8) is 0 Å². The molecule has 0 aliphatic carbocycles. The standard InChI is InChI=1S/C17H23ClO3/c1-2-21-17(19)14-20-13-7-5-3-4-6-8-15-9-11-16(18)12-10-15/h6,8-12H,2-5,7,13-14H2,1H3. The van der Waals surface area contributed by atoms with E-state index in [9.17, 15) is 4.79 Å². The Hall–Kier alpha value is -1.32. The van der Waals surface area contributed by atoms with Crippen LogP contribution in [0, 0.1) is 0 Å². The molecule has 0 N–H and O–H groups in total. The minimum atomic E-state index is -0.289. The number of esters is 1. The van der Waals surface area contributed by atoms with Gasteiger partial charge in [0.2, 0.25) is 0 Å². The zero-order valence-corrected chi connectivity index (χ0v) is 13.3. The van der Waals surface area contributed by atoms with E-state index in [-0.39, 0.29) is 12.6 Å². The lowest BCUT2D eigenvalue weighted by Crippen LogP contribution is -2.12. The Morgan fingerprint density at radius 1 is 1.19 bits per heavy atom. The lowest BCUT2D eigenvalue weighted by molar-refractivity contribution is -0.148. The van der Waals surface area contributed by atoms with Gasteiger partial charge in [-0.05, 0) is 43.9 Å². The van der Waals surface area contributed by atoms with E-state index < -0.39 is 0 Å². The van der Waals surface area contributed by atoms with Crippen LogP contribution in [0.15, 0.2) is 30.3 Å². The van der Waals surface area contributed by atoms with Gasteiger partial charge in [0, 0.05) is 11.6 Å². The molecule has 0 fully saturated rings. The van der Waals surface area contributed by atoms with E-state index in [1.807, 2.05) is 24.3 Å². The Bertz CT molecular complexity index is 426. The molecule has 1 aromatic carbocycles. The van der Waals surface area contributed by atoms with E-state index in [1.54, 1.807) is 6.92 Å². The molecule has 3 nitrogen and oxygen atoms in total. The molecule has 0 aliphatic rings. The smallest absolute Gasteiger partial charge is 0.332 e. The third kappa shape index (κ3) is 9.27. The zero-order valence-electron chi connectivity index (χ0n) is 12.5. The summed E-state index contributed by atoms with van der Waals surface area (Å²) in [6, 6.07) is 7.79. The summed E-state index contributed by atoms with van der Waals surface area (Å²) in [6.07, 6.45) is 8.49. The quantitative estimate of drug-likeness (QED) is 0.472. The van der Waals surface area contributed by atoms with Gasteiger partial charge in [-0.2, -0.15) is 0 Å². The summed E-state index contributed by atoms with van der Waals surface area (Å²) >= 11 is 5.83. The molecule has 0 saturated heterocycles. The summed E-state index contributed by atoms with van der Waals surface area (Å²) in [7, 11) is 0. The third-order valence-corrected chi connectivity index (χ3v) is 3.12. The van der Waals surface area contributed by atoms with Crippen LogP contribution in [0.25, 0.3) is 6.08 Å². The molecule has 0 aliphatic heterocycles. The van der Waals surface area contributed by atoms with Crippen LogP contribution >= 0.6 is 11.6 Å². The fourth-order valence-corrected chi connectivity index (χ4v) is 1.92. The maximum absolute atomic E-state index is 11.0. The number of carbonyl (C=O) groups is 1. The van der Waals surface area contributed by atoms with Crippen LogP contribution in [0.4, 0.5) is 0 Å². The highest BCUT2D eigenvalue weighted by atomic mass is 35.5. The molecule has 21 heavy (non-hydrogen) atoms. The van der Waals surface area contributed by atoms with Crippen molar-refractivity contribution in [1.29, 1.82) is 0 Å². The van der Waals surface area contributed by atoms with Gasteiger partial charge in [-0.15, -0.1) is 0 Å². The maximum atomic E-state index is 11.0. The van der Waals surface area contributed by atoms with Crippen LogP contribution in [0.2, 0.25) is 5.02 Å². The van der Waals surface area contributed by atoms with Crippen LogP contribution in [0.1, 0.15) is 38.2 Å². The molecular formula is C17H23ClO3. The van der Waals surface area contributed by atoms with E-state index in [2.05, 4.69) is 12.2 Å². The lowest BCUT2D eigenvalue weighted by atomic mass is 10.1. The minimum Gasteiger partial charge on any atom is -0.464 e. The monoisotopic (exact) mass is 310 g/mol. The molecule has 1 aromatic rings. The van der Waals surface area contributed by atoms with E-state index in [0.717, 1.165) is 36.3 Å². The summed E-state index contributed by atoms with van der Waals surface area (Å²) < 4.78 is 10.00. The van der Waals surface area contributed by atoms with Crippen LogP contribution < -0.4 is 0 Å². The Kier molecular flexibility index (Phi) is 9.58. The molecule has 0 radical (unpaired) electrons. The molecule has 0 heterocycles.